The van der Waals surface area contributed by atoms with Crippen LogP contribution in [0.3, 0.4) is 0 Å². The Hall–Kier alpha value is -2.51. The van der Waals surface area contributed by atoms with Crippen LogP contribution in [0.4, 0.5) is 5.95 Å². The maximum absolute atomic E-state index is 12.9. The molecule has 2 aromatic rings. The third-order valence-corrected chi connectivity index (χ3v) is 5.95. The molecule has 0 bridgehead atoms. The summed E-state index contributed by atoms with van der Waals surface area (Å²) < 4.78 is 11.3. The molecule has 1 spiro atoms. The van der Waals surface area contributed by atoms with Crippen molar-refractivity contribution < 1.29 is 14.3 Å². The zero-order valence-corrected chi connectivity index (χ0v) is 15.8. The van der Waals surface area contributed by atoms with E-state index in [9.17, 15) is 4.79 Å². The van der Waals surface area contributed by atoms with Crippen LogP contribution in [0, 0.1) is 0 Å². The Morgan fingerprint density at radius 3 is 2.71 bits per heavy atom. The highest BCUT2D eigenvalue weighted by atomic mass is 16.5. The maximum atomic E-state index is 12.9. The Bertz CT molecular complexity index is 869. The van der Waals surface area contributed by atoms with Crippen LogP contribution in [0.15, 0.2) is 36.5 Å². The van der Waals surface area contributed by atoms with Crippen LogP contribution in [0.2, 0.25) is 0 Å². The van der Waals surface area contributed by atoms with E-state index in [1.807, 2.05) is 41.4 Å². The third-order valence-electron chi connectivity index (χ3n) is 5.95. The number of anilines is 1. The largest absolute Gasteiger partial charge is 0.378 e. The second-order valence-corrected chi connectivity index (χ2v) is 7.76. The molecule has 2 saturated heterocycles. The molecule has 146 valence electrons. The Balaban J connectivity index is 1.43. The topological polar surface area (TPSA) is 67.8 Å². The van der Waals surface area contributed by atoms with Crippen molar-refractivity contribution in [3.05, 3.63) is 53.3 Å². The first-order valence-electron chi connectivity index (χ1n) is 9.86. The van der Waals surface area contributed by atoms with E-state index >= 15 is 0 Å². The van der Waals surface area contributed by atoms with Gasteiger partial charge >= 0.3 is 0 Å². The average molecular weight is 380 g/mol. The molecular weight excluding hydrogens is 356 g/mol. The monoisotopic (exact) mass is 380 g/mol. The Kier molecular flexibility index (Phi) is 4.49. The molecule has 0 unspecified atom stereocenters. The van der Waals surface area contributed by atoms with E-state index in [2.05, 4.69) is 9.88 Å². The molecule has 0 N–H and O–H groups in total. The lowest BCUT2D eigenvalue weighted by atomic mass is 9.80. The van der Waals surface area contributed by atoms with Gasteiger partial charge in [0, 0.05) is 43.5 Å². The number of hydrogen-bond donors (Lipinski definition) is 0. The minimum atomic E-state index is -0.248. The number of ether oxygens (including phenoxy) is 2. The van der Waals surface area contributed by atoms with Crippen LogP contribution in [0.25, 0.3) is 0 Å². The second-order valence-electron chi connectivity index (χ2n) is 7.76. The van der Waals surface area contributed by atoms with Crippen LogP contribution in [0.1, 0.15) is 28.0 Å². The molecule has 3 aliphatic rings. The molecule has 3 aliphatic heterocycles. The first-order chi connectivity index (χ1) is 13.8. The summed E-state index contributed by atoms with van der Waals surface area (Å²) in [5.41, 5.74) is 2.58. The number of carbonyl (C=O) groups excluding carboxylic acids is 1. The first kappa shape index (κ1) is 17.6. The molecule has 0 aliphatic carbocycles. The zero-order chi connectivity index (χ0) is 19.0. The SMILES string of the molecule is O=C(c1ccccc1)N1CC[C@]2(COCc3cnc(N4CCOCC4)nc32)C1. The van der Waals surface area contributed by atoms with Crippen LogP contribution in [-0.2, 0) is 21.5 Å². The molecule has 7 heteroatoms. The normalized spacial score (nSPS) is 24.4. The Morgan fingerprint density at radius 2 is 1.89 bits per heavy atom. The van der Waals surface area contributed by atoms with Crippen molar-refractivity contribution in [2.24, 2.45) is 0 Å². The van der Waals surface area contributed by atoms with E-state index in [1.54, 1.807) is 0 Å². The van der Waals surface area contributed by atoms with E-state index in [0.29, 0.717) is 39.5 Å². The molecule has 0 saturated carbocycles. The van der Waals surface area contributed by atoms with E-state index in [1.165, 1.54) is 0 Å². The number of carbonyl (C=O) groups is 1. The molecule has 1 aromatic heterocycles. The molecule has 5 rings (SSSR count). The van der Waals surface area contributed by atoms with Crippen molar-refractivity contribution in [1.82, 2.24) is 14.9 Å². The van der Waals surface area contributed by atoms with Crippen molar-refractivity contribution in [2.75, 3.05) is 50.9 Å². The number of nitrogens with zero attached hydrogens (tertiary/aromatic N) is 4. The highest BCUT2D eigenvalue weighted by Gasteiger charge is 2.46. The van der Waals surface area contributed by atoms with Gasteiger partial charge in [0.25, 0.3) is 5.91 Å². The summed E-state index contributed by atoms with van der Waals surface area (Å²) in [6.07, 6.45) is 2.76. The molecular formula is C21H24N4O3. The van der Waals surface area contributed by atoms with Gasteiger partial charge in [0.15, 0.2) is 0 Å². The number of likely N-dealkylation sites (tertiary alicyclic amines) is 1. The highest BCUT2D eigenvalue weighted by Crippen LogP contribution is 2.40. The van der Waals surface area contributed by atoms with Gasteiger partial charge in [-0.2, -0.15) is 0 Å². The minimum Gasteiger partial charge on any atom is -0.378 e. The minimum absolute atomic E-state index is 0.0760. The summed E-state index contributed by atoms with van der Waals surface area (Å²) in [6.45, 7) is 5.50. The predicted octanol–water partition coefficient (Wildman–Crippen LogP) is 1.63. The third kappa shape index (κ3) is 3.04. The van der Waals surface area contributed by atoms with Crippen LogP contribution in [0.5, 0.6) is 0 Å². The highest BCUT2D eigenvalue weighted by molar-refractivity contribution is 5.94. The van der Waals surface area contributed by atoms with Gasteiger partial charge in [-0.15, -0.1) is 0 Å². The quantitative estimate of drug-likeness (QED) is 0.789. The van der Waals surface area contributed by atoms with E-state index in [4.69, 9.17) is 14.5 Å². The van der Waals surface area contributed by atoms with E-state index in [0.717, 1.165) is 42.3 Å². The molecule has 1 aromatic carbocycles. The van der Waals surface area contributed by atoms with Gasteiger partial charge in [0.2, 0.25) is 5.95 Å². The number of morpholine rings is 1. The Labute approximate surface area is 164 Å². The molecule has 1 amide bonds. The van der Waals surface area contributed by atoms with Gasteiger partial charge in [-0.05, 0) is 18.6 Å². The summed E-state index contributed by atoms with van der Waals surface area (Å²) >= 11 is 0. The van der Waals surface area contributed by atoms with Gasteiger partial charge in [-0.1, -0.05) is 18.2 Å². The van der Waals surface area contributed by atoms with E-state index in [-0.39, 0.29) is 11.3 Å². The van der Waals surface area contributed by atoms with Crippen LogP contribution >= 0.6 is 0 Å². The van der Waals surface area contributed by atoms with Crippen molar-refractivity contribution in [3.8, 4) is 0 Å². The standard InChI is InChI=1S/C21H24N4O3/c26-19(16-4-2-1-3-5-16)25-7-6-21(14-25)15-28-13-17-12-22-20(23-18(17)21)24-8-10-27-11-9-24/h1-5,12H,6-11,13-15H2/t21-/m1/s1. The lowest BCUT2D eigenvalue weighted by Gasteiger charge is -2.35. The van der Waals surface area contributed by atoms with Gasteiger partial charge in [0.05, 0.1) is 37.5 Å². The molecule has 7 nitrogen and oxygen atoms in total. The molecule has 0 radical (unpaired) electrons. The van der Waals surface area contributed by atoms with Gasteiger partial charge in [-0.3, -0.25) is 4.79 Å². The van der Waals surface area contributed by atoms with Gasteiger partial charge < -0.3 is 19.3 Å². The second kappa shape index (κ2) is 7.14. The fraction of sp³-hybridized carbons (Fsp3) is 0.476. The number of benzene rings is 1. The van der Waals surface area contributed by atoms with Crippen molar-refractivity contribution >= 4 is 11.9 Å². The summed E-state index contributed by atoms with van der Waals surface area (Å²) in [7, 11) is 0. The Morgan fingerprint density at radius 1 is 1.07 bits per heavy atom. The van der Waals surface area contributed by atoms with Crippen molar-refractivity contribution in [2.45, 2.75) is 18.4 Å². The van der Waals surface area contributed by atoms with Crippen molar-refractivity contribution in [3.63, 3.8) is 0 Å². The van der Waals surface area contributed by atoms with Gasteiger partial charge in [0.1, 0.15) is 0 Å². The molecule has 4 heterocycles. The lowest BCUT2D eigenvalue weighted by Crippen LogP contribution is -2.43. The zero-order valence-electron chi connectivity index (χ0n) is 15.8. The summed E-state index contributed by atoms with van der Waals surface area (Å²) in [6, 6.07) is 9.48. The number of aromatic nitrogens is 2. The van der Waals surface area contributed by atoms with Crippen molar-refractivity contribution in [1.29, 1.82) is 0 Å². The van der Waals surface area contributed by atoms with Crippen LogP contribution < -0.4 is 4.90 Å². The van der Waals surface area contributed by atoms with Crippen LogP contribution in [-0.4, -0.2) is 66.8 Å². The molecule has 28 heavy (non-hydrogen) atoms. The molecule has 2 fully saturated rings. The summed E-state index contributed by atoms with van der Waals surface area (Å²) in [4.78, 5) is 26.6. The average Bonchev–Trinajstić information content (AvgIpc) is 3.19. The first-order valence-corrected chi connectivity index (χ1v) is 9.86. The summed E-state index contributed by atoms with van der Waals surface area (Å²) in [5, 5.41) is 0. The number of fused-ring (bicyclic) bond motifs is 2. The number of rotatable bonds is 2. The predicted molar refractivity (Wildman–Crippen MR) is 103 cm³/mol. The lowest BCUT2D eigenvalue weighted by molar-refractivity contribution is 0.0484. The fourth-order valence-electron chi connectivity index (χ4n) is 4.42. The maximum Gasteiger partial charge on any atom is 0.253 e. The van der Waals surface area contributed by atoms with E-state index < -0.39 is 0 Å². The van der Waals surface area contributed by atoms with Gasteiger partial charge in [-0.25, -0.2) is 9.97 Å². The smallest absolute Gasteiger partial charge is 0.253 e. The number of hydrogen-bond acceptors (Lipinski definition) is 6. The fourth-order valence-corrected chi connectivity index (χ4v) is 4.42. The molecule has 1 atom stereocenters. The number of amides is 1. The summed E-state index contributed by atoms with van der Waals surface area (Å²) in [5.74, 6) is 0.836.